The summed E-state index contributed by atoms with van der Waals surface area (Å²) < 4.78 is 0. The van der Waals surface area contributed by atoms with Crippen LogP contribution in [-0.2, 0) is 4.79 Å². The molecule has 2 N–H and O–H groups in total. The van der Waals surface area contributed by atoms with E-state index in [1.807, 2.05) is 51.1 Å². The smallest absolute Gasteiger partial charge is 0.257 e. The number of allylic oxidation sites excluding steroid dienone is 2. The summed E-state index contributed by atoms with van der Waals surface area (Å²) in [5.41, 5.74) is 3.94. The van der Waals surface area contributed by atoms with E-state index in [0.29, 0.717) is 11.3 Å². The van der Waals surface area contributed by atoms with Gasteiger partial charge in [-0.1, -0.05) is 49.8 Å². The van der Waals surface area contributed by atoms with Crippen molar-refractivity contribution < 1.29 is 9.59 Å². The van der Waals surface area contributed by atoms with Gasteiger partial charge in [-0.3, -0.25) is 9.59 Å². The minimum atomic E-state index is -0.239. The van der Waals surface area contributed by atoms with Crippen LogP contribution in [0.15, 0.2) is 60.2 Å². The number of aryl methyl sites for hydroxylation is 1. The molecular weight excluding hydrogens is 348 g/mol. The van der Waals surface area contributed by atoms with Crippen molar-refractivity contribution in [3.8, 4) is 0 Å². The van der Waals surface area contributed by atoms with Gasteiger partial charge in [-0.25, -0.2) is 0 Å². The highest BCUT2D eigenvalue weighted by Gasteiger charge is 2.60. The quantitative estimate of drug-likeness (QED) is 0.684. The van der Waals surface area contributed by atoms with Crippen molar-refractivity contribution in [2.45, 2.75) is 34.6 Å². The van der Waals surface area contributed by atoms with Crippen LogP contribution in [0.3, 0.4) is 0 Å². The molecule has 2 amide bonds. The van der Waals surface area contributed by atoms with Crippen LogP contribution in [0.2, 0.25) is 0 Å². The Morgan fingerprint density at radius 1 is 1.00 bits per heavy atom. The lowest BCUT2D eigenvalue weighted by Crippen LogP contribution is -2.20. The Labute approximate surface area is 167 Å². The van der Waals surface area contributed by atoms with Crippen LogP contribution in [0.25, 0.3) is 0 Å². The number of benzene rings is 2. The van der Waals surface area contributed by atoms with Crippen molar-refractivity contribution in [2.24, 2.45) is 17.3 Å². The zero-order valence-electron chi connectivity index (χ0n) is 17.2. The Kier molecular flexibility index (Phi) is 5.41. The highest BCUT2D eigenvalue weighted by Crippen LogP contribution is 2.59. The van der Waals surface area contributed by atoms with E-state index in [1.165, 1.54) is 5.57 Å². The number of rotatable bonds is 5. The molecule has 0 radical (unpaired) electrons. The Morgan fingerprint density at radius 2 is 1.71 bits per heavy atom. The van der Waals surface area contributed by atoms with Crippen molar-refractivity contribution in [2.75, 3.05) is 10.6 Å². The predicted octanol–water partition coefficient (Wildman–Crippen LogP) is 5.42. The monoisotopic (exact) mass is 376 g/mol. The number of hydrogen-bond acceptors (Lipinski definition) is 2. The van der Waals surface area contributed by atoms with Crippen molar-refractivity contribution in [1.82, 2.24) is 0 Å². The molecule has 2 aromatic rings. The molecule has 4 nitrogen and oxygen atoms in total. The Morgan fingerprint density at radius 3 is 2.39 bits per heavy atom. The fourth-order valence-corrected chi connectivity index (χ4v) is 3.77. The Balaban J connectivity index is 1.76. The first kappa shape index (κ1) is 19.9. The maximum absolute atomic E-state index is 12.9. The van der Waals surface area contributed by atoms with Gasteiger partial charge in [0.25, 0.3) is 5.91 Å². The van der Waals surface area contributed by atoms with E-state index in [-0.39, 0.29) is 29.1 Å². The number of nitrogens with one attached hydrogen (secondary N) is 2. The molecule has 2 atom stereocenters. The van der Waals surface area contributed by atoms with Gasteiger partial charge in [0.05, 0.1) is 17.2 Å². The van der Waals surface area contributed by atoms with Gasteiger partial charge in [0.15, 0.2) is 0 Å². The van der Waals surface area contributed by atoms with Gasteiger partial charge in [0, 0.05) is 5.69 Å². The average molecular weight is 377 g/mol. The zero-order chi connectivity index (χ0) is 20.5. The molecule has 0 unspecified atom stereocenters. The first-order valence-corrected chi connectivity index (χ1v) is 9.63. The molecular formula is C24H28N2O2. The highest BCUT2D eigenvalue weighted by atomic mass is 16.2. The van der Waals surface area contributed by atoms with E-state index in [2.05, 4.69) is 30.6 Å². The van der Waals surface area contributed by atoms with Crippen LogP contribution < -0.4 is 10.6 Å². The Hall–Kier alpha value is -2.88. The van der Waals surface area contributed by atoms with Gasteiger partial charge < -0.3 is 10.6 Å². The summed E-state index contributed by atoms with van der Waals surface area (Å²) in [6.07, 6.45) is 2.17. The van der Waals surface area contributed by atoms with Crippen LogP contribution in [0.5, 0.6) is 0 Å². The molecule has 0 heterocycles. The molecule has 0 aromatic heterocycles. The summed E-state index contributed by atoms with van der Waals surface area (Å²) in [6.45, 7) is 10.3. The van der Waals surface area contributed by atoms with E-state index >= 15 is 0 Å². The molecule has 28 heavy (non-hydrogen) atoms. The summed E-state index contributed by atoms with van der Waals surface area (Å²) in [5.74, 6) is -0.137. The molecule has 146 valence electrons. The van der Waals surface area contributed by atoms with Gasteiger partial charge in [-0.2, -0.15) is 0 Å². The fraction of sp³-hybridized carbons (Fsp3) is 0.333. The van der Waals surface area contributed by atoms with E-state index in [9.17, 15) is 9.59 Å². The topological polar surface area (TPSA) is 58.2 Å². The van der Waals surface area contributed by atoms with Crippen molar-refractivity contribution >= 4 is 23.2 Å². The van der Waals surface area contributed by atoms with Crippen molar-refractivity contribution in [1.29, 1.82) is 0 Å². The zero-order valence-corrected chi connectivity index (χ0v) is 17.2. The summed E-state index contributed by atoms with van der Waals surface area (Å²) in [4.78, 5) is 25.7. The minimum absolute atomic E-state index is 0.0386. The molecule has 0 spiro atoms. The van der Waals surface area contributed by atoms with Crippen molar-refractivity contribution in [3.05, 3.63) is 71.3 Å². The molecule has 1 saturated carbocycles. The minimum Gasteiger partial charge on any atom is -0.325 e. The lowest BCUT2D eigenvalue weighted by Gasteiger charge is -2.12. The molecule has 0 aliphatic heterocycles. The van der Waals surface area contributed by atoms with Gasteiger partial charge in [0.1, 0.15) is 0 Å². The maximum Gasteiger partial charge on any atom is 0.257 e. The van der Waals surface area contributed by atoms with Crippen molar-refractivity contribution in [3.63, 3.8) is 0 Å². The fourth-order valence-electron chi connectivity index (χ4n) is 3.77. The molecule has 0 saturated heterocycles. The number of hydrogen-bond donors (Lipinski definition) is 2. The van der Waals surface area contributed by atoms with Crippen LogP contribution in [0.4, 0.5) is 11.4 Å². The second-order valence-electron chi connectivity index (χ2n) is 8.43. The second kappa shape index (κ2) is 7.63. The van der Waals surface area contributed by atoms with Gasteiger partial charge in [-0.05, 0) is 61.9 Å². The number of amides is 2. The highest BCUT2D eigenvalue weighted by molar-refractivity contribution is 6.10. The maximum atomic E-state index is 12.9. The number of anilines is 2. The van der Waals surface area contributed by atoms with Gasteiger partial charge >= 0.3 is 0 Å². The standard InChI is InChI=1S/C24H28N2O2/c1-15(2)13-19-21(24(19,4)5)23(28)26-20-12-7-6-11-18(20)22(27)25-17-10-8-9-16(3)14-17/h6-14,19,21H,1-5H3,(H,25,27)(H,26,28)/t19-,21+/m1/s1. The van der Waals surface area contributed by atoms with Crippen LogP contribution in [0, 0.1) is 24.2 Å². The Bertz CT molecular complexity index is 939. The van der Waals surface area contributed by atoms with Crippen LogP contribution in [-0.4, -0.2) is 11.8 Å². The van der Waals surface area contributed by atoms with Crippen LogP contribution in [0.1, 0.15) is 43.6 Å². The van der Waals surface area contributed by atoms with E-state index < -0.39 is 0 Å². The SMILES string of the molecule is CC(C)=C[C@@H]1[C@@H](C(=O)Nc2ccccc2C(=O)Nc2cccc(C)c2)C1(C)C. The average Bonchev–Trinajstić information content (AvgIpc) is 3.14. The lowest BCUT2D eigenvalue weighted by molar-refractivity contribution is -0.118. The molecule has 1 aliphatic carbocycles. The third-order valence-electron chi connectivity index (χ3n) is 5.41. The van der Waals surface area contributed by atoms with Crippen LogP contribution >= 0.6 is 0 Å². The second-order valence-corrected chi connectivity index (χ2v) is 8.43. The lowest BCUT2D eigenvalue weighted by atomic mass is 10.1. The first-order chi connectivity index (χ1) is 13.2. The van der Waals surface area contributed by atoms with E-state index in [0.717, 1.165) is 11.3 Å². The molecule has 2 aromatic carbocycles. The molecule has 1 aliphatic rings. The predicted molar refractivity (Wildman–Crippen MR) is 114 cm³/mol. The number of carbonyl (C=O) groups excluding carboxylic acids is 2. The third kappa shape index (κ3) is 4.16. The summed E-state index contributed by atoms with van der Waals surface area (Å²) in [6, 6.07) is 14.8. The molecule has 3 rings (SSSR count). The summed E-state index contributed by atoms with van der Waals surface area (Å²) in [7, 11) is 0. The van der Waals surface area contributed by atoms with Gasteiger partial charge in [0.2, 0.25) is 5.91 Å². The molecule has 0 bridgehead atoms. The summed E-state index contributed by atoms with van der Waals surface area (Å²) in [5, 5.41) is 5.89. The first-order valence-electron chi connectivity index (χ1n) is 9.63. The number of para-hydroxylation sites is 1. The van der Waals surface area contributed by atoms with Gasteiger partial charge in [-0.15, -0.1) is 0 Å². The summed E-state index contributed by atoms with van der Waals surface area (Å²) >= 11 is 0. The molecule has 1 fully saturated rings. The third-order valence-corrected chi connectivity index (χ3v) is 5.41. The number of carbonyl (C=O) groups is 2. The van der Waals surface area contributed by atoms with E-state index in [1.54, 1.807) is 18.2 Å². The van der Waals surface area contributed by atoms with E-state index in [4.69, 9.17) is 0 Å². The molecule has 4 heteroatoms. The largest absolute Gasteiger partial charge is 0.325 e. The normalized spacial score (nSPS) is 19.5.